The van der Waals surface area contributed by atoms with Crippen molar-refractivity contribution >= 4 is 5.69 Å². The van der Waals surface area contributed by atoms with E-state index in [1.165, 1.54) is 30.4 Å². The Morgan fingerprint density at radius 3 is 2.67 bits per heavy atom. The molecule has 0 radical (unpaired) electrons. The number of aromatic nitrogens is 1. The molecule has 1 aromatic heterocycles. The maximum atomic E-state index is 5.78. The molecule has 1 heterocycles. The third-order valence-corrected chi connectivity index (χ3v) is 3.86. The fraction of sp³-hybridized carbons (Fsp3) is 0.312. The summed E-state index contributed by atoms with van der Waals surface area (Å²) in [4.78, 5) is 4.52. The van der Waals surface area contributed by atoms with Gasteiger partial charge in [0.2, 0.25) is 0 Å². The lowest BCUT2D eigenvalue weighted by atomic mass is 9.77. The summed E-state index contributed by atoms with van der Waals surface area (Å²) in [6.45, 7) is 2.08. The topological polar surface area (TPSA) is 38.9 Å². The average Bonchev–Trinajstić information content (AvgIpc) is 2.28. The van der Waals surface area contributed by atoms with E-state index in [2.05, 4.69) is 36.2 Å². The molecule has 1 aliphatic carbocycles. The molecule has 1 fully saturated rings. The summed E-state index contributed by atoms with van der Waals surface area (Å²) < 4.78 is 0. The van der Waals surface area contributed by atoms with Crippen molar-refractivity contribution in [3.05, 3.63) is 47.7 Å². The summed E-state index contributed by atoms with van der Waals surface area (Å²) in [7, 11) is 0. The van der Waals surface area contributed by atoms with Crippen molar-refractivity contribution in [3.8, 4) is 11.3 Å². The summed E-state index contributed by atoms with van der Waals surface area (Å²) >= 11 is 0. The van der Waals surface area contributed by atoms with Crippen molar-refractivity contribution in [1.82, 2.24) is 4.98 Å². The van der Waals surface area contributed by atoms with Crippen molar-refractivity contribution in [2.45, 2.75) is 32.1 Å². The van der Waals surface area contributed by atoms with Crippen molar-refractivity contribution in [2.24, 2.45) is 0 Å². The standard InChI is InChI=1S/C16H18N2/c1-11-9-13(17)10-18-16(11)15-8-3-2-7-14(15)12-5-4-6-12/h2-3,7-10,12H,4-6,17H2,1H3. The zero-order valence-corrected chi connectivity index (χ0v) is 10.7. The molecule has 1 saturated carbocycles. The predicted octanol–water partition coefficient (Wildman–Crippen LogP) is 3.91. The molecule has 2 N–H and O–H groups in total. The van der Waals surface area contributed by atoms with E-state index in [1.54, 1.807) is 6.20 Å². The van der Waals surface area contributed by atoms with Gasteiger partial charge in [-0.25, -0.2) is 0 Å². The van der Waals surface area contributed by atoms with Gasteiger partial charge >= 0.3 is 0 Å². The van der Waals surface area contributed by atoms with Crippen LogP contribution in [-0.2, 0) is 0 Å². The summed E-state index contributed by atoms with van der Waals surface area (Å²) in [6.07, 6.45) is 5.73. The smallest absolute Gasteiger partial charge is 0.0735 e. The van der Waals surface area contributed by atoms with Crippen LogP contribution in [0.15, 0.2) is 36.5 Å². The van der Waals surface area contributed by atoms with E-state index < -0.39 is 0 Å². The Labute approximate surface area is 108 Å². The molecule has 0 bridgehead atoms. The Hall–Kier alpha value is -1.83. The highest BCUT2D eigenvalue weighted by Crippen LogP contribution is 2.41. The highest BCUT2D eigenvalue weighted by Gasteiger charge is 2.23. The van der Waals surface area contributed by atoms with Crippen LogP contribution in [0.2, 0.25) is 0 Å². The van der Waals surface area contributed by atoms with Gasteiger partial charge in [0.05, 0.1) is 17.6 Å². The van der Waals surface area contributed by atoms with Gasteiger partial charge in [-0.2, -0.15) is 0 Å². The van der Waals surface area contributed by atoms with E-state index >= 15 is 0 Å². The monoisotopic (exact) mass is 238 g/mol. The highest BCUT2D eigenvalue weighted by atomic mass is 14.7. The van der Waals surface area contributed by atoms with Crippen LogP contribution in [0, 0.1) is 6.92 Å². The molecule has 0 amide bonds. The van der Waals surface area contributed by atoms with Crippen LogP contribution in [0.4, 0.5) is 5.69 Å². The van der Waals surface area contributed by atoms with Gasteiger partial charge in [-0.05, 0) is 42.9 Å². The first-order valence-corrected chi connectivity index (χ1v) is 6.57. The lowest BCUT2D eigenvalue weighted by Gasteiger charge is -2.28. The number of hydrogen-bond donors (Lipinski definition) is 1. The van der Waals surface area contributed by atoms with Gasteiger partial charge in [0.1, 0.15) is 0 Å². The summed E-state index contributed by atoms with van der Waals surface area (Å²) in [5, 5.41) is 0. The normalized spacial score (nSPS) is 15.4. The number of nitrogens with zero attached hydrogens (tertiary/aromatic N) is 1. The second-order valence-corrected chi connectivity index (χ2v) is 5.15. The quantitative estimate of drug-likeness (QED) is 0.861. The zero-order chi connectivity index (χ0) is 12.5. The van der Waals surface area contributed by atoms with Crippen molar-refractivity contribution < 1.29 is 0 Å². The molecule has 0 aliphatic heterocycles. The van der Waals surface area contributed by atoms with Crippen LogP contribution in [0.1, 0.15) is 36.3 Å². The first-order valence-electron chi connectivity index (χ1n) is 6.57. The number of aryl methyl sites for hydroxylation is 1. The third-order valence-electron chi connectivity index (χ3n) is 3.86. The Bertz CT molecular complexity index is 571. The van der Waals surface area contributed by atoms with Gasteiger partial charge in [0, 0.05) is 5.56 Å². The van der Waals surface area contributed by atoms with E-state index in [0.29, 0.717) is 0 Å². The number of pyridine rings is 1. The lowest BCUT2D eigenvalue weighted by molar-refractivity contribution is 0.420. The number of rotatable bonds is 2. The molecule has 0 spiro atoms. The maximum absolute atomic E-state index is 5.78. The Morgan fingerprint density at radius 1 is 1.22 bits per heavy atom. The van der Waals surface area contributed by atoms with Crippen LogP contribution in [0.25, 0.3) is 11.3 Å². The molecule has 0 saturated heterocycles. The zero-order valence-electron chi connectivity index (χ0n) is 10.7. The fourth-order valence-corrected chi connectivity index (χ4v) is 2.67. The molecular weight excluding hydrogens is 220 g/mol. The van der Waals surface area contributed by atoms with Gasteiger partial charge < -0.3 is 5.73 Å². The molecule has 92 valence electrons. The fourth-order valence-electron chi connectivity index (χ4n) is 2.67. The molecule has 2 aromatic rings. The van der Waals surface area contributed by atoms with Crippen molar-refractivity contribution in [3.63, 3.8) is 0 Å². The largest absolute Gasteiger partial charge is 0.397 e. The van der Waals surface area contributed by atoms with E-state index in [4.69, 9.17) is 5.73 Å². The minimum atomic E-state index is 0.722. The highest BCUT2D eigenvalue weighted by molar-refractivity contribution is 5.69. The molecular formula is C16H18N2. The second kappa shape index (κ2) is 4.45. The number of anilines is 1. The van der Waals surface area contributed by atoms with E-state index in [9.17, 15) is 0 Å². The third kappa shape index (κ3) is 1.88. The number of nitrogens with two attached hydrogens (primary N) is 1. The molecule has 2 nitrogen and oxygen atoms in total. The Balaban J connectivity index is 2.10. The summed E-state index contributed by atoms with van der Waals surface area (Å²) in [5.74, 6) is 0.722. The summed E-state index contributed by atoms with van der Waals surface area (Å²) in [5.41, 5.74) is 11.5. The molecule has 0 atom stereocenters. The van der Waals surface area contributed by atoms with Gasteiger partial charge in [0.25, 0.3) is 0 Å². The lowest BCUT2D eigenvalue weighted by Crippen LogP contribution is -2.10. The average molecular weight is 238 g/mol. The molecule has 3 rings (SSSR count). The minimum absolute atomic E-state index is 0.722. The maximum Gasteiger partial charge on any atom is 0.0735 e. The van der Waals surface area contributed by atoms with E-state index in [-0.39, 0.29) is 0 Å². The Kier molecular flexibility index (Phi) is 2.78. The predicted molar refractivity (Wildman–Crippen MR) is 75.4 cm³/mol. The summed E-state index contributed by atoms with van der Waals surface area (Å²) in [6, 6.07) is 10.6. The van der Waals surface area contributed by atoms with Crippen molar-refractivity contribution in [1.29, 1.82) is 0 Å². The van der Waals surface area contributed by atoms with Crippen LogP contribution < -0.4 is 5.73 Å². The van der Waals surface area contributed by atoms with Crippen LogP contribution in [0.3, 0.4) is 0 Å². The first-order chi connectivity index (χ1) is 8.75. The van der Waals surface area contributed by atoms with Gasteiger partial charge in [-0.1, -0.05) is 30.7 Å². The van der Waals surface area contributed by atoms with Crippen LogP contribution in [0.5, 0.6) is 0 Å². The molecule has 18 heavy (non-hydrogen) atoms. The van der Waals surface area contributed by atoms with Gasteiger partial charge in [-0.3, -0.25) is 4.98 Å². The van der Waals surface area contributed by atoms with E-state index in [1.807, 2.05) is 6.07 Å². The van der Waals surface area contributed by atoms with Crippen LogP contribution >= 0.6 is 0 Å². The van der Waals surface area contributed by atoms with Gasteiger partial charge in [0.15, 0.2) is 0 Å². The SMILES string of the molecule is Cc1cc(N)cnc1-c1ccccc1C1CCC1. The van der Waals surface area contributed by atoms with Crippen molar-refractivity contribution in [2.75, 3.05) is 5.73 Å². The minimum Gasteiger partial charge on any atom is -0.397 e. The second-order valence-electron chi connectivity index (χ2n) is 5.15. The Morgan fingerprint density at radius 2 is 2.00 bits per heavy atom. The molecule has 1 aliphatic rings. The van der Waals surface area contributed by atoms with Crippen LogP contribution in [-0.4, -0.2) is 4.98 Å². The first kappa shape index (κ1) is 11.3. The molecule has 0 unspecified atom stereocenters. The van der Waals surface area contributed by atoms with Gasteiger partial charge in [-0.15, -0.1) is 0 Å². The van der Waals surface area contributed by atoms with E-state index in [0.717, 1.165) is 22.9 Å². The number of benzene rings is 1. The number of nitrogen functional groups attached to an aromatic ring is 1. The number of hydrogen-bond acceptors (Lipinski definition) is 2. The molecule has 1 aromatic carbocycles. The molecule has 2 heteroatoms.